The standard InChI is InChI=1S/C31H42N2O4/c1-20(34)26-10-11-27-25-9-6-22-18-23(12-15-30(22,2)28(25)13-16-31(26,27)3)33-37-19-29(36)32-17-14-21-4-7-24(35)8-5-21/h4-5,7-8,18,25-28,35H,6,9-17,19H2,1-3H3,(H,32,36)/b33-23+/t25?,26?,27?,28?,30-,31+/m0/s1. The second kappa shape index (κ2) is 10.3. The molecular weight excluding hydrogens is 464 g/mol. The Balaban J connectivity index is 1.15. The van der Waals surface area contributed by atoms with Crippen LogP contribution in [0.4, 0.5) is 0 Å². The molecule has 1 aromatic carbocycles. The Morgan fingerprint density at radius 2 is 1.84 bits per heavy atom. The number of carbonyl (C=O) groups is 2. The highest BCUT2D eigenvalue weighted by molar-refractivity contribution is 5.96. The number of aromatic hydroxyl groups is 1. The van der Waals surface area contributed by atoms with Crippen molar-refractivity contribution in [3.05, 3.63) is 41.5 Å². The molecule has 0 aromatic heterocycles. The van der Waals surface area contributed by atoms with Gasteiger partial charge in [0.1, 0.15) is 11.5 Å². The number of nitrogens with zero attached hydrogens (tertiary/aromatic N) is 1. The number of Topliss-reactive ketones (excluding diaryl/α,β-unsaturated/α-hetero) is 1. The zero-order chi connectivity index (χ0) is 26.2. The summed E-state index contributed by atoms with van der Waals surface area (Å²) >= 11 is 0. The average molecular weight is 507 g/mol. The molecule has 3 fully saturated rings. The molecule has 4 unspecified atom stereocenters. The number of carbonyl (C=O) groups excluding carboxylic acids is 2. The highest BCUT2D eigenvalue weighted by Gasteiger charge is 2.59. The number of hydrogen-bond acceptors (Lipinski definition) is 5. The number of ketones is 1. The van der Waals surface area contributed by atoms with E-state index in [1.165, 1.54) is 31.3 Å². The van der Waals surface area contributed by atoms with Gasteiger partial charge in [0.25, 0.3) is 5.91 Å². The summed E-state index contributed by atoms with van der Waals surface area (Å²) in [6.45, 7) is 7.12. The maximum atomic E-state index is 12.4. The number of benzene rings is 1. The smallest absolute Gasteiger partial charge is 0.260 e. The molecule has 0 aliphatic heterocycles. The Morgan fingerprint density at radius 1 is 1.05 bits per heavy atom. The average Bonchev–Trinajstić information content (AvgIpc) is 3.23. The van der Waals surface area contributed by atoms with Crippen LogP contribution >= 0.6 is 0 Å². The minimum absolute atomic E-state index is 0.0816. The fraction of sp³-hybridized carbons (Fsp3) is 0.645. The first kappa shape index (κ1) is 26.0. The van der Waals surface area contributed by atoms with Crippen LogP contribution < -0.4 is 5.32 Å². The molecule has 0 saturated heterocycles. The Labute approximate surface area is 220 Å². The van der Waals surface area contributed by atoms with Crippen molar-refractivity contribution in [2.75, 3.05) is 13.2 Å². The molecule has 4 aliphatic carbocycles. The highest BCUT2D eigenvalue weighted by atomic mass is 16.6. The van der Waals surface area contributed by atoms with Gasteiger partial charge in [-0.2, -0.15) is 0 Å². The molecule has 4 aliphatic rings. The Bertz CT molecular complexity index is 1090. The number of amides is 1. The van der Waals surface area contributed by atoms with Crippen LogP contribution in [0.15, 0.2) is 41.1 Å². The summed E-state index contributed by atoms with van der Waals surface area (Å²) in [4.78, 5) is 30.0. The van der Waals surface area contributed by atoms with E-state index in [1.807, 2.05) is 12.1 Å². The van der Waals surface area contributed by atoms with Gasteiger partial charge in [0.05, 0.1) is 5.71 Å². The summed E-state index contributed by atoms with van der Waals surface area (Å²) in [6, 6.07) is 7.00. The number of fused-ring (bicyclic) bond motifs is 5. The second-order valence-electron chi connectivity index (χ2n) is 12.4. The monoisotopic (exact) mass is 506 g/mol. The van der Waals surface area contributed by atoms with Gasteiger partial charge in [-0.05, 0) is 117 Å². The van der Waals surface area contributed by atoms with Crippen molar-refractivity contribution in [2.45, 2.75) is 78.6 Å². The van der Waals surface area contributed by atoms with Crippen LogP contribution in [0.1, 0.15) is 77.7 Å². The lowest BCUT2D eigenvalue weighted by molar-refractivity contribution is -0.128. The van der Waals surface area contributed by atoms with Gasteiger partial charge >= 0.3 is 0 Å². The number of allylic oxidation sites excluding steroid dienone is 2. The molecule has 200 valence electrons. The van der Waals surface area contributed by atoms with Crippen LogP contribution in [-0.4, -0.2) is 35.7 Å². The number of phenolic OH excluding ortho intramolecular Hbond substituents is 1. The fourth-order valence-corrected chi connectivity index (χ4v) is 8.54. The highest BCUT2D eigenvalue weighted by Crippen LogP contribution is 2.66. The van der Waals surface area contributed by atoms with Crippen molar-refractivity contribution in [1.29, 1.82) is 0 Å². The van der Waals surface area contributed by atoms with Crippen molar-refractivity contribution in [1.82, 2.24) is 5.32 Å². The molecule has 6 heteroatoms. The quantitative estimate of drug-likeness (QED) is 0.472. The predicted octanol–water partition coefficient (Wildman–Crippen LogP) is 5.59. The van der Waals surface area contributed by atoms with Gasteiger partial charge in [-0.1, -0.05) is 36.7 Å². The first-order chi connectivity index (χ1) is 17.7. The van der Waals surface area contributed by atoms with Crippen LogP contribution in [0, 0.1) is 34.5 Å². The van der Waals surface area contributed by atoms with Crippen molar-refractivity contribution in [3.63, 3.8) is 0 Å². The summed E-state index contributed by atoms with van der Waals surface area (Å²) < 4.78 is 0. The summed E-state index contributed by atoms with van der Waals surface area (Å²) in [6.07, 6.45) is 11.9. The number of hydrogen-bond donors (Lipinski definition) is 2. The van der Waals surface area contributed by atoms with Crippen LogP contribution in [0.5, 0.6) is 5.75 Å². The molecule has 2 N–H and O–H groups in total. The fourth-order valence-electron chi connectivity index (χ4n) is 8.54. The minimum Gasteiger partial charge on any atom is -0.508 e. The number of rotatable bonds is 7. The molecule has 0 heterocycles. The molecule has 5 rings (SSSR count). The van der Waals surface area contributed by atoms with Crippen LogP contribution in [-0.2, 0) is 20.8 Å². The normalized spacial score (nSPS) is 35.6. The van der Waals surface area contributed by atoms with Gasteiger partial charge in [-0.15, -0.1) is 0 Å². The molecule has 1 aromatic rings. The van der Waals surface area contributed by atoms with Gasteiger partial charge in [-0.3, -0.25) is 9.59 Å². The first-order valence-electron chi connectivity index (χ1n) is 14.2. The molecule has 37 heavy (non-hydrogen) atoms. The molecule has 6 nitrogen and oxygen atoms in total. The molecule has 0 radical (unpaired) electrons. The molecule has 3 saturated carbocycles. The molecule has 1 amide bonds. The SMILES string of the molecule is CC(=O)C1CCC2C3CCC4=C/C(=N/OCC(=O)NCCc5ccc(O)cc5)CC[C@]4(C)C3CC[C@]12C. The van der Waals surface area contributed by atoms with E-state index in [9.17, 15) is 14.7 Å². The summed E-state index contributed by atoms with van der Waals surface area (Å²) in [7, 11) is 0. The molecule has 0 spiro atoms. The maximum Gasteiger partial charge on any atom is 0.260 e. The van der Waals surface area contributed by atoms with E-state index < -0.39 is 0 Å². The van der Waals surface area contributed by atoms with Crippen LogP contribution in [0.3, 0.4) is 0 Å². The van der Waals surface area contributed by atoms with Crippen molar-refractivity contribution in [2.24, 2.45) is 39.7 Å². The zero-order valence-corrected chi connectivity index (χ0v) is 22.6. The summed E-state index contributed by atoms with van der Waals surface area (Å²) in [5.74, 6) is 2.83. The van der Waals surface area contributed by atoms with Crippen molar-refractivity contribution >= 4 is 17.4 Å². The molecular formula is C31H42N2O4. The number of phenols is 1. The van der Waals surface area contributed by atoms with Crippen molar-refractivity contribution < 1.29 is 19.5 Å². The van der Waals surface area contributed by atoms with E-state index in [2.05, 4.69) is 30.4 Å². The van der Waals surface area contributed by atoms with E-state index in [0.29, 0.717) is 30.6 Å². The van der Waals surface area contributed by atoms with Gasteiger partial charge in [0, 0.05) is 12.5 Å². The topological polar surface area (TPSA) is 88.0 Å². The Morgan fingerprint density at radius 3 is 2.59 bits per heavy atom. The lowest BCUT2D eigenvalue weighted by Gasteiger charge is -2.58. The summed E-state index contributed by atoms with van der Waals surface area (Å²) in [5.41, 5.74) is 3.92. The third kappa shape index (κ3) is 4.96. The lowest BCUT2D eigenvalue weighted by Crippen LogP contribution is -2.51. The number of nitrogens with one attached hydrogen (secondary N) is 1. The molecule has 6 atom stereocenters. The van der Waals surface area contributed by atoms with E-state index in [4.69, 9.17) is 4.84 Å². The summed E-state index contributed by atoms with van der Waals surface area (Å²) in [5, 5.41) is 16.6. The van der Waals surface area contributed by atoms with E-state index in [1.54, 1.807) is 19.1 Å². The van der Waals surface area contributed by atoms with Gasteiger partial charge in [0.2, 0.25) is 0 Å². The third-order valence-electron chi connectivity index (χ3n) is 10.5. The van der Waals surface area contributed by atoms with E-state index >= 15 is 0 Å². The Hall–Kier alpha value is -2.63. The third-order valence-corrected chi connectivity index (χ3v) is 10.5. The minimum atomic E-state index is -0.178. The predicted molar refractivity (Wildman–Crippen MR) is 144 cm³/mol. The maximum absolute atomic E-state index is 12.4. The lowest BCUT2D eigenvalue weighted by atomic mass is 9.46. The van der Waals surface area contributed by atoms with Gasteiger partial charge in [-0.25, -0.2) is 0 Å². The van der Waals surface area contributed by atoms with Gasteiger partial charge in [0.15, 0.2) is 6.61 Å². The van der Waals surface area contributed by atoms with Crippen LogP contribution in [0.25, 0.3) is 0 Å². The number of oxime groups is 1. The Kier molecular flexibility index (Phi) is 7.21. The van der Waals surface area contributed by atoms with Crippen LogP contribution in [0.2, 0.25) is 0 Å². The van der Waals surface area contributed by atoms with E-state index in [-0.39, 0.29) is 35.0 Å². The van der Waals surface area contributed by atoms with Gasteiger partial charge < -0.3 is 15.3 Å². The largest absolute Gasteiger partial charge is 0.508 e. The first-order valence-corrected chi connectivity index (χ1v) is 14.2. The van der Waals surface area contributed by atoms with Crippen molar-refractivity contribution in [3.8, 4) is 5.75 Å². The second-order valence-corrected chi connectivity index (χ2v) is 12.4. The van der Waals surface area contributed by atoms with E-state index in [0.717, 1.165) is 42.9 Å². The zero-order valence-electron chi connectivity index (χ0n) is 22.6. The molecule has 0 bridgehead atoms.